The maximum absolute atomic E-state index is 11.0. The molecule has 0 spiro atoms. The van der Waals surface area contributed by atoms with E-state index in [0.29, 0.717) is 0 Å². The second kappa shape index (κ2) is 9.22. The number of sulfonamides is 1. The first-order valence-corrected chi connectivity index (χ1v) is 7.64. The number of nitrogens with zero attached hydrogens (tertiary/aromatic N) is 3. The van der Waals surface area contributed by atoms with Crippen LogP contribution in [0.1, 0.15) is 12.8 Å². The first-order valence-electron chi connectivity index (χ1n) is 6.20. The van der Waals surface area contributed by atoms with Crippen molar-refractivity contribution in [1.29, 1.82) is 0 Å². The number of carbonyl (C=O) groups is 3. The molecule has 1 rings (SSSR count). The van der Waals surface area contributed by atoms with Crippen LogP contribution in [0.25, 0.3) is 10.4 Å². The van der Waals surface area contributed by atoms with E-state index in [-0.39, 0.29) is 4.90 Å². The largest absolute Gasteiger partial charge is 0.481 e. The van der Waals surface area contributed by atoms with Gasteiger partial charge in [0.1, 0.15) is 0 Å². The van der Waals surface area contributed by atoms with E-state index in [0.717, 1.165) is 0 Å². The molecule has 1 aromatic rings. The maximum Gasteiger partial charge on any atom is 0.336 e. The number of rotatable bonds is 7. The Bertz CT molecular complexity index is 769. The molecule has 12 nitrogen and oxygen atoms in total. The number of aliphatic hydroxyl groups is 1. The van der Waals surface area contributed by atoms with Gasteiger partial charge in [0, 0.05) is 9.43 Å². The van der Waals surface area contributed by atoms with E-state index in [1.165, 1.54) is 12.1 Å². The van der Waals surface area contributed by atoms with Crippen molar-refractivity contribution < 1.29 is 43.2 Å². The van der Waals surface area contributed by atoms with Crippen LogP contribution in [0.2, 0.25) is 0 Å². The van der Waals surface area contributed by atoms with Gasteiger partial charge in [-0.2, -0.15) is 0 Å². The lowest BCUT2D eigenvalue weighted by atomic mass is 9.96. The van der Waals surface area contributed by atoms with Gasteiger partial charge in [0.15, 0.2) is 5.60 Å². The van der Waals surface area contributed by atoms with Crippen molar-refractivity contribution in [3.63, 3.8) is 0 Å². The van der Waals surface area contributed by atoms with Crippen LogP contribution >= 0.6 is 0 Å². The topological polar surface area (TPSA) is 215 Å². The molecule has 0 saturated heterocycles. The molecule has 4 N–H and O–H groups in total. The van der Waals surface area contributed by atoms with E-state index in [9.17, 15) is 22.8 Å². The quantitative estimate of drug-likeness (QED) is 0.295. The molecule has 0 aliphatic rings. The molecule has 0 radical (unpaired) electrons. The summed E-state index contributed by atoms with van der Waals surface area (Å²) in [7, 11) is -3.80. The first kappa shape index (κ1) is 21.9. The van der Waals surface area contributed by atoms with E-state index < -0.39 is 46.4 Å². The van der Waals surface area contributed by atoms with Gasteiger partial charge in [-0.15, -0.1) is 0 Å². The summed E-state index contributed by atoms with van der Waals surface area (Å²) in [5.74, 6) is -5.02. The fraction of sp³-hybridized carbons (Fsp3) is 0.250. The van der Waals surface area contributed by atoms with Crippen LogP contribution in [0.5, 0.6) is 0 Å². The van der Waals surface area contributed by atoms with Gasteiger partial charge >= 0.3 is 17.9 Å². The predicted octanol–water partition coefficient (Wildman–Crippen LogP) is 0.437. The van der Waals surface area contributed by atoms with E-state index >= 15 is 0 Å². The van der Waals surface area contributed by atoms with Gasteiger partial charge < -0.3 is 20.4 Å². The average Bonchev–Trinajstić information content (AvgIpc) is 2.47. The molecule has 0 fully saturated rings. The van der Waals surface area contributed by atoms with Crippen LogP contribution in [-0.2, 0) is 24.4 Å². The number of carboxylic acid groups (broad SMARTS) is 3. The summed E-state index contributed by atoms with van der Waals surface area (Å²) >= 11 is 0. The van der Waals surface area contributed by atoms with E-state index in [2.05, 4.69) is 9.43 Å². The lowest BCUT2D eigenvalue weighted by Gasteiger charge is -2.18. The fourth-order valence-corrected chi connectivity index (χ4v) is 2.09. The highest BCUT2D eigenvalue weighted by molar-refractivity contribution is 7.90. The van der Waals surface area contributed by atoms with Crippen LogP contribution in [0, 0.1) is 0 Å². The Morgan fingerprint density at radius 2 is 1.48 bits per heavy atom. The molecule has 0 aliphatic heterocycles. The van der Waals surface area contributed by atoms with Gasteiger partial charge in [-0.25, -0.2) is 13.2 Å². The Kier molecular flexibility index (Phi) is 8.06. The molecule has 25 heavy (non-hydrogen) atoms. The lowest BCUT2D eigenvalue weighted by Crippen LogP contribution is -2.42. The fourth-order valence-electron chi connectivity index (χ4n) is 1.40. The molecule has 0 atom stereocenters. The smallest absolute Gasteiger partial charge is 0.336 e. The molecule has 0 amide bonds. The highest BCUT2D eigenvalue weighted by Gasteiger charge is 2.40. The van der Waals surface area contributed by atoms with Crippen molar-refractivity contribution in [1.82, 2.24) is 0 Å². The molecular weight excluding hydrogens is 362 g/mol. The van der Waals surface area contributed by atoms with Crippen molar-refractivity contribution in [2.45, 2.75) is 23.3 Å². The van der Waals surface area contributed by atoms with Crippen molar-refractivity contribution in [3.8, 4) is 0 Å². The molecule has 0 aromatic heterocycles. The Morgan fingerprint density at radius 1 is 1.04 bits per heavy atom. The van der Waals surface area contributed by atoms with Gasteiger partial charge in [-0.1, -0.05) is 18.2 Å². The molecule has 0 unspecified atom stereocenters. The molecule has 0 heterocycles. The Labute approximate surface area is 140 Å². The standard InChI is InChI=1S/C6H5N3O2S.C6H8O7/c7-8-9-12(10,11)6-4-2-1-3-5-6;7-3(8)1-6(13,5(11)12)2-4(9)10/h1-5H;13H,1-2H2,(H,7,8)(H,9,10)(H,11,12). The van der Waals surface area contributed by atoms with E-state index in [4.69, 9.17) is 26.0 Å². The normalized spacial score (nSPS) is 10.6. The Hall–Kier alpha value is -3.15. The van der Waals surface area contributed by atoms with Gasteiger partial charge in [-0.05, 0) is 17.7 Å². The van der Waals surface area contributed by atoms with Crippen LogP contribution < -0.4 is 0 Å². The summed E-state index contributed by atoms with van der Waals surface area (Å²) in [6.45, 7) is 0. The lowest BCUT2D eigenvalue weighted by molar-refractivity contribution is -0.170. The zero-order valence-electron chi connectivity index (χ0n) is 12.4. The number of azide groups is 1. The molecule has 0 saturated carbocycles. The number of hydrogen-bond donors (Lipinski definition) is 4. The second-order valence-electron chi connectivity index (χ2n) is 4.44. The highest BCUT2D eigenvalue weighted by atomic mass is 32.2. The molecule has 0 bridgehead atoms. The minimum atomic E-state index is -3.80. The van der Waals surface area contributed by atoms with Gasteiger partial charge in [-0.3, -0.25) is 9.59 Å². The molecule has 1 aromatic carbocycles. The monoisotopic (exact) mass is 375 g/mol. The van der Waals surface area contributed by atoms with Gasteiger partial charge in [0.05, 0.1) is 17.7 Å². The Morgan fingerprint density at radius 3 is 1.80 bits per heavy atom. The molecular formula is C12H13N3O9S. The minimum absolute atomic E-state index is 0.00259. The second-order valence-corrected chi connectivity index (χ2v) is 6.02. The predicted molar refractivity (Wildman–Crippen MR) is 79.9 cm³/mol. The van der Waals surface area contributed by atoms with Crippen molar-refractivity contribution >= 4 is 27.9 Å². The van der Waals surface area contributed by atoms with Crippen LogP contribution in [0.15, 0.2) is 39.7 Å². The summed E-state index contributed by atoms with van der Waals surface area (Å²) in [5, 5.41) is 33.8. The summed E-state index contributed by atoms with van der Waals surface area (Å²) in [6.07, 6.45) is -2.29. The maximum atomic E-state index is 11.0. The van der Waals surface area contributed by atoms with Crippen LogP contribution in [0.3, 0.4) is 0 Å². The molecule has 13 heteroatoms. The highest BCUT2D eigenvalue weighted by Crippen LogP contribution is 2.15. The van der Waals surface area contributed by atoms with Crippen molar-refractivity contribution in [2.24, 2.45) is 4.52 Å². The van der Waals surface area contributed by atoms with Crippen molar-refractivity contribution in [3.05, 3.63) is 40.8 Å². The first-order chi connectivity index (χ1) is 11.4. The summed E-state index contributed by atoms with van der Waals surface area (Å²) in [5.41, 5.74) is 5.20. The summed E-state index contributed by atoms with van der Waals surface area (Å²) in [4.78, 5) is 32.7. The van der Waals surface area contributed by atoms with E-state index in [1.54, 1.807) is 18.2 Å². The number of aliphatic carboxylic acids is 3. The summed E-state index contributed by atoms with van der Waals surface area (Å²) in [6, 6.07) is 7.52. The molecule has 136 valence electrons. The third-order valence-electron chi connectivity index (χ3n) is 2.47. The third-order valence-corrected chi connectivity index (χ3v) is 3.63. The molecule has 0 aliphatic carbocycles. The van der Waals surface area contributed by atoms with Gasteiger partial charge in [0.25, 0.3) is 10.0 Å². The van der Waals surface area contributed by atoms with E-state index in [1.807, 2.05) is 0 Å². The number of hydrogen-bond acceptors (Lipinski definition) is 6. The average molecular weight is 375 g/mol. The van der Waals surface area contributed by atoms with Gasteiger partial charge in [0.2, 0.25) is 0 Å². The SMILES string of the molecule is O=C(O)CC(O)(CC(=O)O)C(=O)O.[N-]=[N+]=NS(=O)(=O)c1ccccc1. The van der Waals surface area contributed by atoms with Crippen molar-refractivity contribution in [2.75, 3.05) is 0 Å². The number of benzene rings is 1. The third kappa shape index (κ3) is 7.78. The van der Waals surface area contributed by atoms with Crippen LogP contribution in [0.4, 0.5) is 0 Å². The zero-order valence-corrected chi connectivity index (χ0v) is 13.2. The summed E-state index contributed by atoms with van der Waals surface area (Å²) < 4.78 is 24.7. The Balaban J connectivity index is 0.000000462. The van der Waals surface area contributed by atoms with Crippen LogP contribution in [-0.4, -0.2) is 52.4 Å². The minimum Gasteiger partial charge on any atom is -0.481 e. The number of carboxylic acids is 3. The zero-order chi connectivity index (χ0) is 19.7.